The zero-order chi connectivity index (χ0) is 31.1. The van der Waals surface area contributed by atoms with E-state index in [1.807, 2.05) is 18.2 Å². The molecule has 2 heteroatoms. The minimum atomic E-state index is 1.10. The molecule has 0 bridgehead atoms. The fourth-order valence-electron chi connectivity index (χ4n) is 5.54. The maximum Gasteiger partial charge on any atom is 0.0464 e. The van der Waals surface area contributed by atoms with E-state index in [0.29, 0.717) is 0 Å². The number of hydrogen-bond donors (Lipinski definition) is 1. The maximum absolute atomic E-state index is 3.54. The van der Waals surface area contributed by atoms with Crippen molar-refractivity contribution in [1.29, 1.82) is 0 Å². The fraction of sp³-hybridized carbons (Fsp3) is 0.143. The summed E-state index contributed by atoms with van der Waals surface area (Å²) in [5, 5.41) is 3.54. The Morgan fingerprint density at radius 3 is 1.34 bits per heavy atom. The fourth-order valence-corrected chi connectivity index (χ4v) is 5.54. The van der Waals surface area contributed by atoms with Crippen molar-refractivity contribution in [2.45, 2.75) is 41.5 Å². The van der Waals surface area contributed by atoms with Gasteiger partial charge in [-0.25, -0.2) is 0 Å². The number of aryl methyl sites for hydroxylation is 6. The van der Waals surface area contributed by atoms with E-state index in [1.54, 1.807) is 0 Å². The molecule has 44 heavy (non-hydrogen) atoms. The molecule has 0 aliphatic rings. The van der Waals surface area contributed by atoms with Crippen LogP contribution in [0.4, 0.5) is 28.4 Å². The van der Waals surface area contributed by atoms with Crippen LogP contribution in [0.3, 0.4) is 0 Å². The average Bonchev–Trinajstić information content (AvgIpc) is 2.99. The van der Waals surface area contributed by atoms with Crippen LogP contribution < -0.4 is 10.2 Å². The first kappa shape index (κ1) is 30.4. The molecule has 0 saturated carbocycles. The second kappa shape index (κ2) is 13.9. The standard InChI is InChI=1S/C35H34N2.C7H8/c1-24-9-6-12-29(19-24)36-30-15-17-34(27(4)22-30)35-18-16-33(23-28(35)5)37(31-13-7-10-25(2)20-31)32-14-8-11-26(3)21-32;1-7-5-3-2-4-6-7/h6-23,36H,1-5H3;2-6H,1H3. The number of nitrogens with zero attached hydrogens (tertiary/aromatic N) is 1. The van der Waals surface area contributed by atoms with Gasteiger partial charge in [-0.1, -0.05) is 84.4 Å². The lowest BCUT2D eigenvalue weighted by Crippen LogP contribution is -2.10. The van der Waals surface area contributed by atoms with Crippen molar-refractivity contribution < 1.29 is 0 Å². The minimum absolute atomic E-state index is 1.10. The summed E-state index contributed by atoms with van der Waals surface area (Å²) in [7, 11) is 0. The predicted octanol–water partition coefficient (Wildman–Crippen LogP) is 12.1. The monoisotopic (exact) mass is 574 g/mol. The minimum Gasteiger partial charge on any atom is -0.356 e. The van der Waals surface area contributed by atoms with Gasteiger partial charge >= 0.3 is 0 Å². The topological polar surface area (TPSA) is 15.3 Å². The van der Waals surface area contributed by atoms with Crippen molar-refractivity contribution in [3.8, 4) is 11.1 Å². The molecule has 0 saturated heterocycles. The van der Waals surface area contributed by atoms with Gasteiger partial charge in [-0.15, -0.1) is 0 Å². The highest BCUT2D eigenvalue weighted by molar-refractivity contribution is 5.81. The first-order valence-corrected chi connectivity index (χ1v) is 15.3. The van der Waals surface area contributed by atoms with Gasteiger partial charge in [-0.2, -0.15) is 0 Å². The second-order valence-corrected chi connectivity index (χ2v) is 11.7. The van der Waals surface area contributed by atoms with E-state index in [-0.39, 0.29) is 0 Å². The number of anilines is 5. The zero-order valence-corrected chi connectivity index (χ0v) is 26.7. The summed E-state index contributed by atoms with van der Waals surface area (Å²) in [6.45, 7) is 12.9. The Morgan fingerprint density at radius 2 is 0.841 bits per heavy atom. The molecule has 0 spiro atoms. The number of rotatable bonds is 6. The molecule has 0 unspecified atom stereocenters. The third-order valence-electron chi connectivity index (χ3n) is 7.75. The van der Waals surface area contributed by atoms with Gasteiger partial charge in [-0.05, 0) is 141 Å². The third kappa shape index (κ3) is 7.65. The summed E-state index contributed by atoms with van der Waals surface area (Å²) in [5.74, 6) is 0. The van der Waals surface area contributed by atoms with E-state index >= 15 is 0 Å². The van der Waals surface area contributed by atoms with Crippen molar-refractivity contribution in [3.05, 3.63) is 173 Å². The number of nitrogens with one attached hydrogen (secondary N) is 1. The molecule has 6 aromatic carbocycles. The van der Waals surface area contributed by atoms with Gasteiger partial charge in [0.2, 0.25) is 0 Å². The molecule has 0 fully saturated rings. The van der Waals surface area contributed by atoms with E-state index in [9.17, 15) is 0 Å². The van der Waals surface area contributed by atoms with E-state index in [4.69, 9.17) is 0 Å². The van der Waals surface area contributed by atoms with Gasteiger partial charge in [0.05, 0.1) is 0 Å². The number of benzene rings is 6. The molecular weight excluding hydrogens is 532 g/mol. The van der Waals surface area contributed by atoms with Crippen LogP contribution in [0.15, 0.2) is 140 Å². The molecule has 0 atom stereocenters. The number of hydrogen-bond acceptors (Lipinski definition) is 2. The molecule has 1 N–H and O–H groups in total. The van der Waals surface area contributed by atoms with Crippen LogP contribution in [0.25, 0.3) is 11.1 Å². The largest absolute Gasteiger partial charge is 0.356 e. The molecule has 220 valence electrons. The van der Waals surface area contributed by atoms with Crippen molar-refractivity contribution in [2.24, 2.45) is 0 Å². The Labute approximate surface area is 263 Å². The van der Waals surface area contributed by atoms with Crippen molar-refractivity contribution >= 4 is 28.4 Å². The van der Waals surface area contributed by atoms with Gasteiger partial charge in [-0.3, -0.25) is 0 Å². The molecule has 0 heterocycles. The maximum atomic E-state index is 3.54. The lowest BCUT2D eigenvalue weighted by molar-refractivity contribution is 1.25. The van der Waals surface area contributed by atoms with Gasteiger partial charge in [0, 0.05) is 28.4 Å². The van der Waals surface area contributed by atoms with Crippen LogP contribution in [0.5, 0.6) is 0 Å². The first-order valence-electron chi connectivity index (χ1n) is 15.3. The highest BCUT2D eigenvalue weighted by atomic mass is 15.1. The first-order chi connectivity index (χ1) is 21.3. The quantitative estimate of drug-likeness (QED) is 0.213. The van der Waals surface area contributed by atoms with E-state index < -0.39 is 0 Å². The molecule has 0 radical (unpaired) electrons. The van der Waals surface area contributed by atoms with E-state index in [2.05, 4.69) is 173 Å². The molecule has 6 rings (SSSR count). The summed E-state index contributed by atoms with van der Waals surface area (Å²) < 4.78 is 0. The Hall–Kier alpha value is -5.08. The molecule has 0 amide bonds. The molecule has 2 nitrogen and oxygen atoms in total. The molecule has 0 aliphatic heterocycles. The van der Waals surface area contributed by atoms with Crippen LogP contribution >= 0.6 is 0 Å². The predicted molar refractivity (Wildman–Crippen MR) is 191 cm³/mol. The van der Waals surface area contributed by atoms with Gasteiger partial charge in [0.1, 0.15) is 0 Å². The second-order valence-electron chi connectivity index (χ2n) is 11.7. The zero-order valence-electron chi connectivity index (χ0n) is 26.7. The smallest absolute Gasteiger partial charge is 0.0464 e. The van der Waals surface area contributed by atoms with Crippen LogP contribution in [0.2, 0.25) is 0 Å². The lowest BCUT2D eigenvalue weighted by atomic mass is 9.95. The van der Waals surface area contributed by atoms with Gasteiger partial charge < -0.3 is 10.2 Å². The Kier molecular flexibility index (Phi) is 9.62. The molecule has 6 aromatic rings. The Morgan fingerprint density at radius 1 is 0.364 bits per heavy atom. The van der Waals surface area contributed by atoms with Gasteiger partial charge in [0.25, 0.3) is 0 Å². The Balaban J connectivity index is 0.000000484. The summed E-state index contributed by atoms with van der Waals surface area (Å²) in [6.07, 6.45) is 0. The van der Waals surface area contributed by atoms with Crippen LogP contribution in [0, 0.1) is 41.5 Å². The van der Waals surface area contributed by atoms with Crippen LogP contribution in [-0.4, -0.2) is 0 Å². The highest BCUT2D eigenvalue weighted by Gasteiger charge is 2.15. The molecule has 0 aliphatic carbocycles. The van der Waals surface area contributed by atoms with Crippen molar-refractivity contribution in [1.82, 2.24) is 0 Å². The van der Waals surface area contributed by atoms with Gasteiger partial charge in [0.15, 0.2) is 0 Å². The molecular formula is C42H42N2. The van der Waals surface area contributed by atoms with E-state index in [1.165, 1.54) is 55.9 Å². The average molecular weight is 575 g/mol. The van der Waals surface area contributed by atoms with Crippen LogP contribution in [0.1, 0.15) is 33.4 Å². The molecule has 0 aromatic heterocycles. The van der Waals surface area contributed by atoms with E-state index in [0.717, 1.165) is 17.1 Å². The normalized spacial score (nSPS) is 10.5. The SMILES string of the molecule is Cc1cccc(Nc2ccc(-c3ccc(N(c4cccc(C)c4)c4cccc(C)c4)cc3C)c(C)c2)c1.Cc1ccccc1. The van der Waals surface area contributed by atoms with Crippen molar-refractivity contribution in [2.75, 3.05) is 10.2 Å². The lowest BCUT2D eigenvalue weighted by Gasteiger charge is -2.27. The third-order valence-corrected chi connectivity index (χ3v) is 7.75. The summed E-state index contributed by atoms with van der Waals surface area (Å²) in [4.78, 5) is 2.35. The highest BCUT2D eigenvalue weighted by Crippen LogP contribution is 2.38. The summed E-state index contributed by atoms with van der Waals surface area (Å²) >= 11 is 0. The van der Waals surface area contributed by atoms with Crippen LogP contribution in [-0.2, 0) is 0 Å². The van der Waals surface area contributed by atoms with Crippen molar-refractivity contribution in [3.63, 3.8) is 0 Å². The Bertz CT molecular complexity index is 1810. The summed E-state index contributed by atoms with van der Waals surface area (Å²) in [5.41, 5.74) is 15.8. The summed E-state index contributed by atoms with van der Waals surface area (Å²) in [6, 6.07) is 49.6.